The summed E-state index contributed by atoms with van der Waals surface area (Å²) in [5, 5.41) is 0. The lowest BCUT2D eigenvalue weighted by molar-refractivity contribution is 0.537. The molecule has 2 rings (SSSR count). The van der Waals surface area contributed by atoms with Gasteiger partial charge in [0.05, 0.1) is 4.90 Å². The average molecular weight is 269 g/mol. The van der Waals surface area contributed by atoms with Crippen LogP contribution < -0.4 is 5.73 Å². The number of rotatable bonds is 3. The van der Waals surface area contributed by atoms with E-state index in [0.29, 0.717) is 10.5 Å². The van der Waals surface area contributed by atoms with E-state index in [0.717, 1.165) is 11.8 Å². The van der Waals surface area contributed by atoms with Crippen molar-refractivity contribution in [1.29, 1.82) is 0 Å². The normalized spacial score (nSPS) is 10.7. The van der Waals surface area contributed by atoms with Crippen LogP contribution in [0.3, 0.4) is 0 Å². The van der Waals surface area contributed by atoms with Gasteiger partial charge in [-0.1, -0.05) is 17.8 Å². The summed E-state index contributed by atoms with van der Waals surface area (Å²) < 4.78 is 40.3. The summed E-state index contributed by atoms with van der Waals surface area (Å²) in [5.41, 5.74) is 5.70. The molecule has 0 aromatic heterocycles. The standard InChI is InChI=1S/C13H10F3NS/c14-9-2-1-3-10(6-9)18-13-11(15)4-8(7-17)5-12(13)16/h1-6H,7,17H2. The first-order chi connectivity index (χ1) is 8.60. The minimum Gasteiger partial charge on any atom is -0.326 e. The van der Waals surface area contributed by atoms with Crippen molar-refractivity contribution in [3.8, 4) is 0 Å². The van der Waals surface area contributed by atoms with Crippen molar-refractivity contribution in [1.82, 2.24) is 0 Å². The van der Waals surface area contributed by atoms with E-state index in [1.54, 1.807) is 6.07 Å². The van der Waals surface area contributed by atoms with Gasteiger partial charge in [-0.05, 0) is 35.9 Å². The molecule has 18 heavy (non-hydrogen) atoms. The number of hydrogen-bond donors (Lipinski definition) is 1. The third-order valence-electron chi connectivity index (χ3n) is 2.31. The zero-order chi connectivity index (χ0) is 13.1. The van der Waals surface area contributed by atoms with Crippen molar-refractivity contribution in [3.05, 3.63) is 59.4 Å². The van der Waals surface area contributed by atoms with Gasteiger partial charge >= 0.3 is 0 Å². The Hall–Kier alpha value is -1.46. The molecule has 1 nitrogen and oxygen atoms in total. The summed E-state index contributed by atoms with van der Waals surface area (Å²) in [6.07, 6.45) is 0. The van der Waals surface area contributed by atoms with Crippen molar-refractivity contribution >= 4 is 11.8 Å². The molecule has 2 aromatic rings. The van der Waals surface area contributed by atoms with Crippen LogP contribution >= 0.6 is 11.8 Å². The van der Waals surface area contributed by atoms with Gasteiger partial charge in [0.1, 0.15) is 17.5 Å². The van der Waals surface area contributed by atoms with E-state index < -0.39 is 17.5 Å². The van der Waals surface area contributed by atoms with E-state index in [9.17, 15) is 13.2 Å². The van der Waals surface area contributed by atoms with Gasteiger partial charge in [0.2, 0.25) is 0 Å². The average Bonchev–Trinajstić information content (AvgIpc) is 2.33. The third kappa shape index (κ3) is 2.86. The second-order valence-electron chi connectivity index (χ2n) is 3.65. The van der Waals surface area contributed by atoms with Gasteiger partial charge in [-0.15, -0.1) is 0 Å². The van der Waals surface area contributed by atoms with Crippen LogP contribution in [0.5, 0.6) is 0 Å². The Morgan fingerprint density at radius 1 is 1.00 bits per heavy atom. The highest BCUT2D eigenvalue weighted by Gasteiger charge is 2.12. The van der Waals surface area contributed by atoms with E-state index in [-0.39, 0.29) is 11.4 Å². The van der Waals surface area contributed by atoms with Gasteiger partial charge in [0, 0.05) is 11.4 Å². The molecule has 0 aliphatic rings. The van der Waals surface area contributed by atoms with Crippen molar-refractivity contribution in [3.63, 3.8) is 0 Å². The van der Waals surface area contributed by atoms with Gasteiger partial charge in [-0.3, -0.25) is 0 Å². The molecule has 0 spiro atoms. The van der Waals surface area contributed by atoms with Crippen LogP contribution in [-0.4, -0.2) is 0 Å². The van der Waals surface area contributed by atoms with E-state index in [4.69, 9.17) is 5.73 Å². The number of nitrogens with two attached hydrogens (primary N) is 1. The number of hydrogen-bond acceptors (Lipinski definition) is 2. The Balaban J connectivity index is 2.35. The minimum absolute atomic E-state index is 0.0682. The molecule has 0 atom stereocenters. The fraction of sp³-hybridized carbons (Fsp3) is 0.0769. The predicted molar refractivity (Wildman–Crippen MR) is 64.8 cm³/mol. The van der Waals surface area contributed by atoms with Gasteiger partial charge in [-0.2, -0.15) is 0 Å². The Bertz CT molecular complexity index is 549. The van der Waals surface area contributed by atoms with Crippen molar-refractivity contribution < 1.29 is 13.2 Å². The quantitative estimate of drug-likeness (QED) is 0.919. The Morgan fingerprint density at radius 3 is 2.22 bits per heavy atom. The predicted octanol–water partition coefficient (Wildman–Crippen LogP) is 3.71. The van der Waals surface area contributed by atoms with Crippen LogP contribution in [-0.2, 0) is 6.54 Å². The van der Waals surface area contributed by atoms with Crippen LogP contribution in [0.2, 0.25) is 0 Å². The molecule has 0 aliphatic carbocycles. The molecule has 0 amide bonds. The molecule has 0 unspecified atom stereocenters. The Kier molecular flexibility index (Phi) is 3.93. The first-order valence-corrected chi connectivity index (χ1v) is 6.03. The van der Waals surface area contributed by atoms with E-state index >= 15 is 0 Å². The molecule has 5 heteroatoms. The summed E-state index contributed by atoms with van der Waals surface area (Å²) in [5.74, 6) is -1.83. The lowest BCUT2D eigenvalue weighted by Crippen LogP contribution is -1.99. The summed E-state index contributed by atoms with van der Waals surface area (Å²) in [6.45, 7) is 0.0682. The topological polar surface area (TPSA) is 26.0 Å². The fourth-order valence-electron chi connectivity index (χ4n) is 1.48. The van der Waals surface area contributed by atoms with Gasteiger partial charge in [-0.25, -0.2) is 13.2 Å². The molecule has 0 saturated heterocycles. The SMILES string of the molecule is NCc1cc(F)c(Sc2cccc(F)c2)c(F)c1. The number of benzene rings is 2. The summed E-state index contributed by atoms with van der Waals surface area (Å²) in [6, 6.07) is 7.94. The third-order valence-corrected chi connectivity index (χ3v) is 3.39. The van der Waals surface area contributed by atoms with Gasteiger partial charge in [0.25, 0.3) is 0 Å². The van der Waals surface area contributed by atoms with Crippen LogP contribution in [0, 0.1) is 17.5 Å². The lowest BCUT2D eigenvalue weighted by Gasteiger charge is -2.07. The second kappa shape index (κ2) is 5.46. The highest BCUT2D eigenvalue weighted by molar-refractivity contribution is 7.99. The maximum Gasteiger partial charge on any atom is 0.140 e. The molecule has 0 bridgehead atoms. The molecular formula is C13H10F3NS. The van der Waals surface area contributed by atoms with Crippen molar-refractivity contribution in [2.24, 2.45) is 5.73 Å². The molecule has 94 valence electrons. The first kappa shape index (κ1) is 13.0. The maximum atomic E-state index is 13.7. The van der Waals surface area contributed by atoms with Crippen LogP contribution in [0.25, 0.3) is 0 Å². The van der Waals surface area contributed by atoms with Crippen LogP contribution in [0.15, 0.2) is 46.2 Å². The zero-order valence-electron chi connectivity index (χ0n) is 9.29. The highest BCUT2D eigenvalue weighted by Crippen LogP contribution is 2.32. The van der Waals surface area contributed by atoms with E-state index in [1.165, 1.54) is 30.3 Å². The molecule has 0 radical (unpaired) electrons. The molecule has 2 N–H and O–H groups in total. The zero-order valence-corrected chi connectivity index (χ0v) is 10.1. The second-order valence-corrected chi connectivity index (χ2v) is 4.74. The largest absolute Gasteiger partial charge is 0.326 e. The highest BCUT2D eigenvalue weighted by atomic mass is 32.2. The molecule has 0 saturated carbocycles. The lowest BCUT2D eigenvalue weighted by atomic mass is 10.2. The molecule has 0 heterocycles. The number of halogens is 3. The first-order valence-electron chi connectivity index (χ1n) is 5.21. The fourth-order valence-corrected chi connectivity index (χ4v) is 2.34. The van der Waals surface area contributed by atoms with Crippen LogP contribution in [0.1, 0.15) is 5.56 Å². The molecular weight excluding hydrogens is 259 g/mol. The minimum atomic E-state index is -0.690. The molecule has 0 fully saturated rings. The summed E-state index contributed by atoms with van der Waals surface area (Å²) in [7, 11) is 0. The van der Waals surface area contributed by atoms with Crippen molar-refractivity contribution in [2.75, 3.05) is 0 Å². The molecule has 2 aromatic carbocycles. The molecule has 0 aliphatic heterocycles. The van der Waals surface area contributed by atoms with Crippen molar-refractivity contribution in [2.45, 2.75) is 16.3 Å². The smallest absolute Gasteiger partial charge is 0.140 e. The maximum absolute atomic E-state index is 13.7. The summed E-state index contributed by atoms with van der Waals surface area (Å²) >= 11 is 0.843. The summed E-state index contributed by atoms with van der Waals surface area (Å²) in [4.78, 5) is 0.283. The Labute approximate surface area is 107 Å². The van der Waals surface area contributed by atoms with Gasteiger partial charge in [0.15, 0.2) is 0 Å². The Morgan fingerprint density at radius 2 is 1.67 bits per heavy atom. The van der Waals surface area contributed by atoms with Crippen LogP contribution in [0.4, 0.5) is 13.2 Å². The van der Waals surface area contributed by atoms with E-state index in [1.807, 2.05) is 0 Å². The van der Waals surface area contributed by atoms with Gasteiger partial charge < -0.3 is 5.73 Å². The monoisotopic (exact) mass is 269 g/mol. The van der Waals surface area contributed by atoms with E-state index in [2.05, 4.69) is 0 Å².